The van der Waals surface area contributed by atoms with Gasteiger partial charge >= 0.3 is 0 Å². The minimum Gasteiger partial charge on any atom is -0.335 e. The highest BCUT2D eigenvalue weighted by atomic mass is 32.2. The van der Waals surface area contributed by atoms with Crippen molar-refractivity contribution in [2.45, 2.75) is 27.7 Å². The summed E-state index contributed by atoms with van der Waals surface area (Å²) in [5.41, 5.74) is 2.08. The molecule has 0 saturated carbocycles. The summed E-state index contributed by atoms with van der Waals surface area (Å²) >= 11 is 3.08. The van der Waals surface area contributed by atoms with Crippen LogP contribution in [0.3, 0.4) is 0 Å². The maximum absolute atomic E-state index is 11.7. The van der Waals surface area contributed by atoms with Crippen LogP contribution in [0.25, 0.3) is 0 Å². The molecule has 4 nitrogen and oxygen atoms in total. The van der Waals surface area contributed by atoms with Gasteiger partial charge in [-0.1, -0.05) is 23.5 Å². The summed E-state index contributed by atoms with van der Waals surface area (Å²) in [5, 5.41) is 2.19. The zero-order chi connectivity index (χ0) is 14.6. The second-order valence-corrected chi connectivity index (χ2v) is 7.06. The van der Waals surface area contributed by atoms with Gasteiger partial charge in [-0.2, -0.15) is 0 Å². The van der Waals surface area contributed by atoms with E-state index in [0.29, 0.717) is 0 Å². The number of carbonyl (C=O) groups is 2. The Morgan fingerprint density at radius 3 is 1.50 bits per heavy atom. The van der Waals surface area contributed by atoms with Crippen molar-refractivity contribution >= 4 is 35.1 Å². The summed E-state index contributed by atoms with van der Waals surface area (Å²) in [6.45, 7) is 8.94. The fourth-order valence-electron chi connectivity index (χ4n) is 2.71. The Hall–Kier alpha value is -1.14. The summed E-state index contributed by atoms with van der Waals surface area (Å²) in [4.78, 5) is 29.5. The molecular formula is C14H16N2O2S2. The third-order valence-corrected chi connectivity index (χ3v) is 6.64. The van der Waals surface area contributed by atoms with Gasteiger partial charge in [0.15, 0.2) is 11.6 Å². The molecule has 0 amide bonds. The van der Waals surface area contributed by atoms with Crippen molar-refractivity contribution in [1.82, 2.24) is 9.80 Å². The van der Waals surface area contributed by atoms with E-state index >= 15 is 0 Å². The summed E-state index contributed by atoms with van der Waals surface area (Å²) in [6, 6.07) is 0. The number of carbonyl (C=O) groups excluding carboxylic acids is 2. The van der Waals surface area contributed by atoms with Crippen molar-refractivity contribution < 1.29 is 9.59 Å². The van der Waals surface area contributed by atoms with Crippen LogP contribution in [0.4, 0.5) is 0 Å². The Labute approximate surface area is 126 Å². The van der Waals surface area contributed by atoms with Crippen LogP contribution >= 0.6 is 23.5 Å². The minimum absolute atomic E-state index is 0.112. The second kappa shape index (κ2) is 4.70. The molecule has 0 bridgehead atoms. The standard InChI is InChI=1S/C14H16N2O2S2/c1-7-11(9(3)17)19-13-14-16(6-5-15(7)13)8(2)12(20-14)10(4)18/h5-6H2,1-4H3. The summed E-state index contributed by atoms with van der Waals surface area (Å²) in [6.07, 6.45) is 0. The van der Waals surface area contributed by atoms with E-state index in [1.807, 2.05) is 13.8 Å². The molecule has 0 radical (unpaired) electrons. The first-order valence-electron chi connectivity index (χ1n) is 6.50. The van der Waals surface area contributed by atoms with Crippen LogP contribution in [-0.4, -0.2) is 34.5 Å². The van der Waals surface area contributed by atoms with Gasteiger partial charge in [0.2, 0.25) is 0 Å². The fraction of sp³-hybridized carbons (Fsp3) is 0.429. The first-order chi connectivity index (χ1) is 9.41. The number of hydrogen-bond acceptors (Lipinski definition) is 6. The molecule has 0 saturated heterocycles. The van der Waals surface area contributed by atoms with E-state index in [1.165, 1.54) is 23.5 Å². The maximum atomic E-state index is 11.7. The minimum atomic E-state index is 0.112. The van der Waals surface area contributed by atoms with Crippen LogP contribution in [0.5, 0.6) is 0 Å². The first-order valence-corrected chi connectivity index (χ1v) is 8.13. The molecule has 3 rings (SSSR count). The third-order valence-electron chi connectivity index (χ3n) is 3.72. The molecule has 3 aliphatic rings. The molecule has 0 aliphatic carbocycles. The Balaban J connectivity index is 2.02. The van der Waals surface area contributed by atoms with Gasteiger partial charge < -0.3 is 9.80 Å². The Bertz CT molecular complexity index is 577. The topological polar surface area (TPSA) is 40.6 Å². The van der Waals surface area contributed by atoms with Gasteiger partial charge in [-0.05, 0) is 27.7 Å². The number of thioether (sulfide) groups is 2. The molecule has 0 spiro atoms. The van der Waals surface area contributed by atoms with E-state index in [-0.39, 0.29) is 11.6 Å². The van der Waals surface area contributed by atoms with E-state index in [4.69, 9.17) is 0 Å². The fourth-order valence-corrected chi connectivity index (χ4v) is 5.22. The second-order valence-electron chi connectivity index (χ2n) is 5.06. The van der Waals surface area contributed by atoms with E-state index in [9.17, 15) is 9.59 Å². The zero-order valence-electron chi connectivity index (χ0n) is 11.9. The molecule has 3 heterocycles. The van der Waals surface area contributed by atoms with Crippen molar-refractivity contribution in [3.05, 3.63) is 31.3 Å². The molecule has 6 heteroatoms. The lowest BCUT2D eigenvalue weighted by molar-refractivity contribution is -0.113. The number of ketones is 2. The molecule has 106 valence electrons. The van der Waals surface area contributed by atoms with Crippen LogP contribution in [0, 0.1) is 0 Å². The normalized spacial score (nSPS) is 21.8. The van der Waals surface area contributed by atoms with Crippen LogP contribution in [-0.2, 0) is 9.59 Å². The number of rotatable bonds is 2. The number of Topliss-reactive ketones (excluding diaryl/α,β-unsaturated/α-hetero) is 2. The number of nitrogens with zero attached hydrogens (tertiary/aromatic N) is 2. The Kier molecular flexibility index (Phi) is 3.25. The molecule has 20 heavy (non-hydrogen) atoms. The predicted molar refractivity (Wildman–Crippen MR) is 82.4 cm³/mol. The molecule has 0 N–H and O–H groups in total. The van der Waals surface area contributed by atoms with Crippen molar-refractivity contribution in [2.24, 2.45) is 0 Å². The lowest BCUT2D eigenvalue weighted by atomic mass is 10.2. The van der Waals surface area contributed by atoms with Crippen molar-refractivity contribution in [3.8, 4) is 0 Å². The van der Waals surface area contributed by atoms with Crippen LogP contribution in [0.1, 0.15) is 27.7 Å². The van der Waals surface area contributed by atoms with Gasteiger partial charge in [-0.15, -0.1) is 0 Å². The summed E-state index contributed by atoms with van der Waals surface area (Å²) in [5.74, 6) is 0.224. The molecule has 0 fully saturated rings. The predicted octanol–water partition coefficient (Wildman–Crippen LogP) is 2.87. The highest BCUT2D eigenvalue weighted by Crippen LogP contribution is 2.53. The molecular weight excluding hydrogens is 292 g/mol. The molecule has 0 unspecified atom stereocenters. The average Bonchev–Trinajstić information content (AvgIpc) is 2.89. The lowest BCUT2D eigenvalue weighted by Gasteiger charge is -2.34. The molecule has 0 aromatic rings. The number of allylic oxidation sites excluding steroid dienone is 4. The van der Waals surface area contributed by atoms with Gasteiger partial charge in [-0.25, -0.2) is 0 Å². The average molecular weight is 308 g/mol. The summed E-state index contributed by atoms with van der Waals surface area (Å²) < 4.78 is 0. The zero-order valence-corrected chi connectivity index (χ0v) is 13.6. The van der Waals surface area contributed by atoms with Gasteiger partial charge in [0.05, 0.1) is 9.81 Å². The molecule has 0 aromatic carbocycles. The largest absolute Gasteiger partial charge is 0.335 e. The van der Waals surface area contributed by atoms with Gasteiger partial charge in [-0.3, -0.25) is 9.59 Å². The molecule has 0 aromatic heterocycles. The third kappa shape index (κ3) is 1.85. The highest BCUT2D eigenvalue weighted by Gasteiger charge is 2.40. The van der Waals surface area contributed by atoms with Gasteiger partial charge in [0.25, 0.3) is 0 Å². The lowest BCUT2D eigenvalue weighted by Crippen LogP contribution is -2.35. The monoisotopic (exact) mass is 308 g/mol. The molecule has 0 atom stereocenters. The van der Waals surface area contributed by atoms with Crippen molar-refractivity contribution in [2.75, 3.05) is 13.1 Å². The van der Waals surface area contributed by atoms with E-state index in [0.717, 1.165) is 44.4 Å². The Morgan fingerprint density at radius 1 is 0.850 bits per heavy atom. The van der Waals surface area contributed by atoms with Crippen LogP contribution < -0.4 is 0 Å². The quantitative estimate of drug-likeness (QED) is 0.781. The van der Waals surface area contributed by atoms with E-state index < -0.39 is 0 Å². The Morgan fingerprint density at radius 2 is 1.20 bits per heavy atom. The van der Waals surface area contributed by atoms with Gasteiger partial charge in [0, 0.05) is 24.5 Å². The van der Waals surface area contributed by atoms with E-state index in [2.05, 4.69) is 9.80 Å². The number of fused-ring (bicyclic) bond motifs is 2. The van der Waals surface area contributed by atoms with Crippen LogP contribution in [0.2, 0.25) is 0 Å². The molecule has 3 aliphatic heterocycles. The van der Waals surface area contributed by atoms with Crippen molar-refractivity contribution in [1.29, 1.82) is 0 Å². The smallest absolute Gasteiger partial charge is 0.168 e. The van der Waals surface area contributed by atoms with Crippen molar-refractivity contribution in [3.63, 3.8) is 0 Å². The SMILES string of the molecule is CC(=O)C1=C(C)N2CCN3C(C)=C(C(C)=O)SC3=C2S1. The maximum Gasteiger partial charge on any atom is 0.168 e. The summed E-state index contributed by atoms with van der Waals surface area (Å²) in [7, 11) is 0. The first kappa shape index (κ1) is 13.8. The highest BCUT2D eigenvalue weighted by molar-refractivity contribution is 8.11. The van der Waals surface area contributed by atoms with Gasteiger partial charge in [0.1, 0.15) is 10.1 Å². The van der Waals surface area contributed by atoms with E-state index in [1.54, 1.807) is 13.8 Å². The number of hydrogen-bond donors (Lipinski definition) is 0. The van der Waals surface area contributed by atoms with Crippen LogP contribution in [0.15, 0.2) is 31.3 Å².